The molecule has 2 amide bonds. The molecule has 4 rings (SSSR count). The van der Waals surface area contributed by atoms with E-state index in [9.17, 15) is 9.59 Å². The third kappa shape index (κ3) is 7.94. The van der Waals surface area contributed by atoms with Crippen LogP contribution in [0.5, 0.6) is 0 Å². The van der Waals surface area contributed by atoms with Crippen LogP contribution in [-0.4, -0.2) is 101 Å². The molecule has 2 fully saturated rings. The molecule has 0 bridgehead atoms. The Hall–Kier alpha value is -2.62. The highest BCUT2D eigenvalue weighted by Gasteiger charge is 2.30. The molecule has 1 aromatic carbocycles. The Labute approximate surface area is 235 Å². The highest BCUT2D eigenvalue weighted by molar-refractivity contribution is 7.99. The monoisotopic (exact) mass is 556 g/mol. The van der Waals surface area contributed by atoms with Crippen molar-refractivity contribution in [3.05, 3.63) is 53.2 Å². The Bertz CT molecular complexity index is 1120. The summed E-state index contributed by atoms with van der Waals surface area (Å²) in [5.74, 6) is 1.27. The van der Waals surface area contributed by atoms with Crippen LogP contribution in [0.2, 0.25) is 5.15 Å². The van der Waals surface area contributed by atoms with Gasteiger partial charge in [-0.1, -0.05) is 86.6 Å². The zero-order chi connectivity index (χ0) is 27.1. The first-order valence-corrected chi connectivity index (χ1v) is 14.5. The van der Waals surface area contributed by atoms with Gasteiger partial charge in [0, 0.05) is 70.4 Å². The molecule has 0 radical (unpaired) electrons. The molecule has 0 N–H and O–H groups in total. The normalized spacial score (nSPS) is 17.3. The van der Waals surface area contributed by atoms with Crippen LogP contribution in [0, 0.1) is 5.41 Å². The van der Waals surface area contributed by atoms with E-state index in [-0.39, 0.29) is 23.0 Å². The molecule has 2 saturated heterocycles. The number of benzene rings is 1. The summed E-state index contributed by atoms with van der Waals surface area (Å²) in [6, 6.07) is 12.0. The number of aromatic nitrogens is 2. The van der Waals surface area contributed by atoms with E-state index in [2.05, 4.69) is 44.1 Å². The van der Waals surface area contributed by atoms with Crippen molar-refractivity contribution in [1.29, 1.82) is 0 Å². The van der Waals surface area contributed by atoms with Gasteiger partial charge in [0.1, 0.15) is 11.0 Å². The number of carbonyl (C=O) groups excluding carboxylic acids is 2. The smallest absolute Gasteiger partial charge is 0.233 e. The van der Waals surface area contributed by atoms with E-state index in [1.807, 2.05) is 48.8 Å². The van der Waals surface area contributed by atoms with Gasteiger partial charge in [-0.3, -0.25) is 14.5 Å². The highest BCUT2D eigenvalue weighted by atomic mass is 35.5. The van der Waals surface area contributed by atoms with Crippen LogP contribution in [0.15, 0.2) is 47.6 Å². The first-order chi connectivity index (χ1) is 18.2. The summed E-state index contributed by atoms with van der Waals surface area (Å²) in [6.45, 7) is 12.5. The first-order valence-electron chi connectivity index (χ1n) is 13.1. The Morgan fingerprint density at radius 3 is 2.26 bits per heavy atom. The van der Waals surface area contributed by atoms with Crippen molar-refractivity contribution in [3.63, 3.8) is 0 Å². The second-order valence-electron chi connectivity index (χ2n) is 10.6. The van der Waals surface area contributed by atoms with Crippen molar-refractivity contribution in [2.75, 3.05) is 69.6 Å². The molecular formula is C28H37ClN6O2S. The lowest BCUT2D eigenvalue weighted by Gasteiger charge is -2.38. The molecule has 2 aliphatic rings. The molecule has 0 saturated carbocycles. The number of anilines is 1. The third-order valence-electron chi connectivity index (χ3n) is 6.72. The van der Waals surface area contributed by atoms with Crippen LogP contribution in [0.4, 0.5) is 5.82 Å². The van der Waals surface area contributed by atoms with Gasteiger partial charge in [0.05, 0.1) is 5.75 Å². The van der Waals surface area contributed by atoms with Crippen molar-refractivity contribution in [1.82, 2.24) is 24.7 Å². The Kier molecular flexibility index (Phi) is 9.68. The molecule has 2 aliphatic heterocycles. The number of thioether (sulfide) groups is 1. The molecule has 204 valence electrons. The fourth-order valence-electron chi connectivity index (χ4n) is 4.52. The van der Waals surface area contributed by atoms with Gasteiger partial charge < -0.3 is 14.7 Å². The average molecular weight is 557 g/mol. The van der Waals surface area contributed by atoms with E-state index < -0.39 is 0 Å². The number of halogens is 1. The number of carbonyl (C=O) groups is 2. The molecule has 8 nitrogen and oxygen atoms in total. The molecule has 0 atom stereocenters. The lowest BCUT2D eigenvalue weighted by molar-refractivity contribution is -0.139. The molecule has 1 aromatic heterocycles. The lowest BCUT2D eigenvalue weighted by Crippen LogP contribution is -2.51. The number of rotatable bonds is 7. The van der Waals surface area contributed by atoms with Crippen LogP contribution < -0.4 is 4.90 Å². The third-order valence-corrected chi connectivity index (χ3v) is 7.74. The number of amides is 2. The topological polar surface area (TPSA) is 72.9 Å². The molecule has 0 aliphatic carbocycles. The highest BCUT2D eigenvalue weighted by Crippen LogP contribution is 2.25. The fourth-order valence-corrected chi connectivity index (χ4v) is 5.51. The standard InChI is InChI=1S/C28H37ClN6O2S/c1-28(2,3)26(37)35-18-16-33(17-19-35)24-20-23(29)30-27(31-24)38-21-25(36)34-14-12-32(13-15-34)11-7-10-22-8-5-4-6-9-22/h4-10,20H,11-19,21H2,1-3H3. The maximum Gasteiger partial charge on any atom is 0.233 e. The van der Waals surface area contributed by atoms with Crippen molar-refractivity contribution in [2.45, 2.75) is 25.9 Å². The van der Waals surface area contributed by atoms with Crippen molar-refractivity contribution in [2.24, 2.45) is 5.41 Å². The van der Waals surface area contributed by atoms with E-state index >= 15 is 0 Å². The summed E-state index contributed by atoms with van der Waals surface area (Å²) < 4.78 is 0. The second-order valence-corrected chi connectivity index (χ2v) is 12.0. The zero-order valence-electron chi connectivity index (χ0n) is 22.5. The maximum atomic E-state index is 12.9. The number of nitrogens with zero attached hydrogens (tertiary/aromatic N) is 6. The quantitative estimate of drug-likeness (QED) is 0.292. The van der Waals surface area contributed by atoms with Crippen molar-refractivity contribution in [3.8, 4) is 0 Å². The van der Waals surface area contributed by atoms with Gasteiger partial charge in [0.25, 0.3) is 0 Å². The summed E-state index contributed by atoms with van der Waals surface area (Å²) in [5.41, 5.74) is 0.811. The van der Waals surface area contributed by atoms with Crippen LogP contribution in [0.1, 0.15) is 26.3 Å². The van der Waals surface area contributed by atoms with Crippen molar-refractivity contribution < 1.29 is 9.59 Å². The van der Waals surface area contributed by atoms with E-state index in [0.29, 0.717) is 36.5 Å². The van der Waals surface area contributed by atoms with Gasteiger partial charge in [0.15, 0.2) is 5.16 Å². The summed E-state index contributed by atoms with van der Waals surface area (Å²) in [6.07, 6.45) is 4.32. The van der Waals surface area contributed by atoms with Gasteiger partial charge in [0.2, 0.25) is 11.8 Å². The van der Waals surface area contributed by atoms with Crippen LogP contribution >= 0.6 is 23.4 Å². The number of piperazine rings is 2. The molecule has 3 heterocycles. The molecular weight excluding hydrogens is 520 g/mol. The summed E-state index contributed by atoms with van der Waals surface area (Å²) in [5, 5.41) is 0.856. The largest absolute Gasteiger partial charge is 0.353 e. The molecule has 10 heteroatoms. The van der Waals surface area contributed by atoms with Crippen LogP contribution in [0.3, 0.4) is 0 Å². The molecule has 2 aromatic rings. The van der Waals surface area contributed by atoms with Gasteiger partial charge in [-0.15, -0.1) is 0 Å². The Balaban J connectivity index is 1.23. The van der Waals surface area contributed by atoms with E-state index in [0.717, 1.165) is 38.5 Å². The fraction of sp³-hybridized carbons (Fsp3) is 0.500. The average Bonchev–Trinajstić information content (AvgIpc) is 2.91. The predicted molar refractivity (Wildman–Crippen MR) is 155 cm³/mol. The molecule has 0 spiro atoms. The minimum atomic E-state index is -0.386. The van der Waals surface area contributed by atoms with Crippen LogP contribution in [0.25, 0.3) is 6.08 Å². The van der Waals surface area contributed by atoms with Crippen LogP contribution in [-0.2, 0) is 9.59 Å². The van der Waals surface area contributed by atoms with E-state index in [1.165, 1.54) is 17.3 Å². The summed E-state index contributed by atoms with van der Waals surface area (Å²) in [4.78, 5) is 42.8. The van der Waals surface area contributed by atoms with Gasteiger partial charge >= 0.3 is 0 Å². The minimum absolute atomic E-state index is 0.0916. The molecule has 0 unspecified atom stereocenters. The molecule has 38 heavy (non-hydrogen) atoms. The maximum absolute atomic E-state index is 12.9. The van der Waals surface area contributed by atoms with Gasteiger partial charge in [-0.05, 0) is 5.56 Å². The predicted octanol–water partition coefficient (Wildman–Crippen LogP) is 3.77. The first kappa shape index (κ1) is 28.4. The van der Waals surface area contributed by atoms with E-state index in [4.69, 9.17) is 11.6 Å². The SMILES string of the molecule is CC(C)(C)C(=O)N1CCN(c2cc(Cl)nc(SCC(=O)N3CCN(CC=Cc4ccccc4)CC3)n2)CC1. The minimum Gasteiger partial charge on any atom is -0.353 e. The zero-order valence-corrected chi connectivity index (χ0v) is 24.0. The van der Waals surface area contributed by atoms with E-state index in [1.54, 1.807) is 6.07 Å². The van der Waals surface area contributed by atoms with Gasteiger partial charge in [-0.25, -0.2) is 9.97 Å². The summed E-state index contributed by atoms with van der Waals surface area (Å²) in [7, 11) is 0. The number of hydrogen-bond donors (Lipinski definition) is 0. The second kappa shape index (κ2) is 13.0. The van der Waals surface area contributed by atoms with Gasteiger partial charge in [-0.2, -0.15) is 0 Å². The lowest BCUT2D eigenvalue weighted by atomic mass is 9.94. The van der Waals surface area contributed by atoms with Crippen molar-refractivity contribution >= 4 is 47.1 Å². The number of hydrogen-bond acceptors (Lipinski definition) is 7. The Morgan fingerprint density at radius 1 is 0.947 bits per heavy atom. The Morgan fingerprint density at radius 2 is 1.61 bits per heavy atom. The summed E-state index contributed by atoms with van der Waals surface area (Å²) >= 11 is 7.63.